The highest BCUT2D eigenvalue weighted by atomic mass is 16.9. The maximum atomic E-state index is 13.0. The Bertz CT molecular complexity index is 1590. The van der Waals surface area contributed by atoms with Crippen molar-refractivity contribution in [2.75, 3.05) is 13.2 Å². The van der Waals surface area contributed by atoms with E-state index in [1.165, 1.54) is 0 Å². The Kier molecular flexibility index (Phi) is 11.3. The molecule has 10 atom stereocenters. The fourth-order valence-corrected chi connectivity index (χ4v) is 7.20. The van der Waals surface area contributed by atoms with E-state index < -0.39 is 77.8 Å². The summed E-state index contributed by atoms with van der Waals surface area (Å²) in [6.45, 7) is 7.77. The molecule has 0 amide bonds. The molecule has 4 aliphatic heterocycles. The first-order valence-corrected chi connectivity index (χ1v) is 17.8. The third kappa shape index (κ3) is 8.71. The predicted molar refractivity (Wildman–Crippen MR) is 184 cm³/mol. The third-order valence-electron chi connectivity index (χ3n) is 9.50. The highest BCUT2D eigenvalue weighted by Gasteiger charge is 2.61. The summed E-state index contributed by atoms with van der Waals surface area (Å²) < 4.78 is 62.9. The van der Waals surface area contributed by atoms with Crippen LogP contribution in [-0.2, 0) is 67.2 Å². The van der Waals surface area contributed by atoms with Crippen molar-refractivity contribution in [3.05, 3.63) is 118 Å². The van der Waals surface area contributed by atoms with Gasteiger partial charge in [0.25, 0.3) is 6.04 Å². The fraction of sp³-hybridized carbons (Fsp3) is 0.538. The molecule has 52 heavy (non-hydrogen) atoms. The number of hydrogen-bond acceptors (Lipinski definition) is 12. The molecule has 280 valence electrons. The minimum Gasteiger partial charge on any atom is -0.374 e. The van der Waals surface area contributed by atoms with Crippen LogP contribution >= 0.6 is 0 Å². The quantitative estimate of drug-likeness (QED) is 0.161. The molecule has 0 saturated carbocycles. The standard InChI is InChI=1S/C39H47NO12/c1-38(2)49-32-29(48-37-35(34(32)50-38)51-39(3,4)52-37)24-46-36-30(40(41)42)33(45-22-27-18-12-7-13-19-27)31(44-21-26-16-10-6-11-17-26)28(47-36)23-43-20-25-14-8-5-9-15-25/h5-19,28-37H,20-24H2,1-4H3/t28-,29-,30-,31-,32+,33-,34+,35-,36-,37-/m1/s1. The van der Waals surface area contributed by atoms with Crippen LogP contribution < -0.4 is 0 Å². The van der Waals surface area contributed by atoms with Gasteiger partial charge >= 0.3 is 0 Å². The van der Waals surface area contributed by atoms with Crippen molar-refractivity contribution in [3.8, 4) is 0 Å². The first kappa shape index (κ1) is 37.0. The molecule has 4 heterocycles. The van der Waals surface area contributed by atoms with Gasteiger partial charge in [-0.2, -0.15) is 0 Å². The Morgan fingerprint density at radius 1 is 0.596 bits per heavy atom. The van der Waals surface area contributed by atoms with Gasteiger partial charge < -0.3 is 47.4 Å². The van der Waals surface area contributed by atoms with Crippen molar-refractivity contribution < 1.29 is 52.3 Å². The molecule has 0 radical (unpaired) electrons. The van der Waals surface area contributed by atoms with E-state index in [9.17, 15) is 10.1 Å². The van der Waals surface area contributed by atoms with Gasteiger partial charge in [0.05, 0.1) is 33.0 Å². The Morgan fingerprint density at radius 3 is 1.71 bits per heavy atom. The van der Waals surface area contributed by atoms with E-state index >= 15 is 0 Å². The van der Waals surface area contributed by atoms with Crippen molar-refractivity contribution in [1.29, 1.82) is 0 Å². The number of rotatable bonds is 14. The van der Waals surface area contributed by atoms with Crippen LogP contribution in [0.3, 0.4) is 0 Å². The van der Waals surface area contributed by atoms with Gasteiger partial charge in [0.15, 0.2) is 24.0 Å². The molecule has 3 aromatic carbocycles. The Labute approximate surface area is 303 Å². The molecule has 13 nitrogen and oxygen atoms in total. The lowest BCUT2D eigenvalue weighted by atomic mass is 9.96. The molecule has 4 aliphatic rings. The molecule has 4 saturated heterocycles. The monoisotopic (exact) mass is 721 g/mol. The normalized spacial score (nSPS) is 33.3. The van der Waals surface area contributed by atoms with Crippen molar-refractivity contribution in [1.82, 2.24) is 0 Å². The lowest BCUT2D eigenvalue weighted by Gasteiger charge is -2.43. The molecule has 0 unspecified atom stereocenters. The highest BCUT2D eigenvalue weighted by Crippen LogP contribution is 2.44. The SMILES string of the molecule is CC1(C)O[C@H]2[C@@H](O1)[C@@H](CO[C@@H]1O[C@H](COCc3ccccc3)[C@@H](OCc3ccccc3)[C@H](OCc3ccccc3)[C@H]1[N+](=O)[O-])O[C@@H]1OC(C)(C)O[C@@H]12. The number of nitro groups is 1. The van der Waals surface area contributed by atoms with Gasteiger partial charge in [0.2, 0.25) is 6.29 Å². The first-order chi connectivity index (χ1) is 25.1. The Morgan fingerprint density at radius 2 is 1.12 bits per heavy atom. The Hall–Kier alpha value is -3.34. The van der Waals surface area contributed by atoms with Gasteiger partial charge in [-0.25, -0.2) is 0 Å². The minimum atomic E-state index is -1.47. The molecule has 0 aromatic heterocycles. The number of benzene rings is 3. The van der Waals surface area contributed by atoms with Gasteiger partial charge in [-0.1, -0.05) is 91.0 Å². The zero-order valence-corrected chi connectivity index (χ0v) is 29.8. The second kappa shape index (κ2) is 15.9. The summed E-state index contributed by atoms with van der Waals surface area (Å²) in [7, 11) is 0. The molecule has 13 heteroatoms. The largest absolute Gasteiger partial charge is 0.374 e. The average molecular weight is 722 g/mol. The molecular formula is C39H47NO12. The summed E-state index contributed by atoms with van der Waals surface area (Å²) in [5.74, 6) is -1.83. The summed E-state index contributed by atoms with van der Waals surface area (Å²) in [5.41, 5.74) is 2.72. The lowest BCUT2D eigenvalue weighted by molar-refractivity contribution is -0.577. The van der Waals surface area contributed by atoms with Crippen LogP contribution in [0.15, 0.2) is 91.0 Å². The number of hydrogen-bond donors (Lipinski definition) is 0. The minimum absolute atomic E-state index is 0.0592. The van der Waals surface area contributed by atoms with Crippen molar-refractivity contribution in [3.63, 3.8) is 0 Å². The molecule has 0 aliphatic carbocycles. The maximum Gasteiger partial charge on any atom is 0.291 e. The van der Waals surface area contributed by atoms with E-state index in [1.54, 1.807) is 13.8 Å². The van der Waals surface area contributed by atoms with E-state index in [4.69, 9.17) is 47.4 Å². The van der Waals surface area contributed by atoms with Crippen LogP contribution in [0.4, 0.5) is 0 Å². The maximum absolute atomic E-state index is 13.0. The number of fused-ring (bicyclic) bond motifs is 3. The van der Waals surface area contributed by atoms with Crippen molar-refractivity contribution >= 4 is 0 Å². The summed E-state index contributed by atoms with van der Waals surface area (Å²) in [5, 5.41) is 13.0. The second-order valence-electron chi connectivity index (χ2n) is 14.4. The molecule has 0 bridgehead atoms. The number of nitrogens with zero attached hydrogens (tertiary/aromatic N) is 1. The molecule has 7 rings (SSSR count). The topological polar surface area (TPSA) is 135 Å². The van der Waals surface area contributed by atoms with Crippen LogP contribution in [0, 0.1) is 10.1 Å². The van der Waals surface area contributed by atoms with Crippen LogP contribution in [0.2, 0.25) is 0 Å². The fourth-order valence-electron chi connectivity index (χ4n) is 7.20. The first-order valence-electron chi connectivity index (χ1n) is 17.8. The van der Waals surface area contributed by atoms with Gasteiger partial charge in [-0.05, 0) is 44.4 Å². The van der Waals surface area contributed by atoms with Gasteiger partial charge in [-0.3, -0.25) is 10.1 Å². The van der Waals surface area contributed by atoms with Crippen molar-refractivity contribution in [2.45, 2.75) is 120 Å². The number of ether oxygens (including phenoxy) is 10. The summed E-state index contributed by atoms with van der Waals surface area (Å²) in [6.07, 6.45) is -7.22. The highest BCUT2D eigenvalue weighted by molar-refractivity contribution is 5.15. The molecular weight excluding hydrogens is 674 g/mol. The van der Waals surface area contributed by atoms with Crippen LogP contribution in [0.1, 0.15) is 44.4 Å². The smallest absolute Gasteiger partial charge is 0.291 e. The Balaban J connectivity index is 1.15. The van der Waals surface area contributed by atoms with Crippen LogP contribution in [0.25, 0.3) is 0 Å². The second-order valence-corrected chi connectivity index (χ2v) is 14.4. The lowest BCUT2D eigenvalue weighted by Crippen LogP contribution is -2.64. The van der Waals surface area contributed by atoms with E-state index in [-0.39, 0.29) is 26.4 Å². The van der Waals surface area contributed by atoms with E-state index in [0.29, 0.717) is 6.61 Å². The average Bonchev–Trinajstić information content (AvgIpc) is 3.63. The van der Waals surface area contributed by atoms with Gasteiger partial charge in [0, 0.05) is 4.92 Å². The van der Waals surface area contributed by atoms with Crippen LogP contribution in [-0.4, -0.2) is 91.1 Å². The third-order valence-corrected chi connectivity index (χ3v) is 9.50. The molecule has 0 spiro atoms. The van der Waals surface area contributed by atoms with E-state index in [2.05, 4.69) is 0 Å². The van der Waals surface area contributed by atoms with E-state index in [1.807, 2.05) is 105 Å². The summed E-state index contributed by atoms with van der Waals surface area (Å²) >= 11 is 0. The molecule has 4 fully saturated rings. The van der Waals surface area contributed by atoms with E-state index in [0.717, 1.165) is 16.7 Å². The zero-order chi connectivity index (χ0) is 36.3. The summed E-state index contributed by atoms with van der Waals surface area (Å²) in [6, 6.07) is 27.3. The van der Waals surface area contributed by atoms with Gasteiger partial charge in [0.1, 0.15) is 36.6 Å². The predicted octanol–water partition coefficient (Wildman–Crippen LogP) is 5.16. The van der Waals surface area contributed by atoms with Crippen LogP contribution in [0.5, 0.6) is 0 Å². The van der Waals surface area contributed by atoms with Crippen molar-refractivity contribution in [2.24, 2.45) is 0 Å². The summed E-state index contributed by atoms with van der Waals surface area (Å²) in [4.78, 5) is 12.6. The molecule has 3 aromatic rings. The molecule has 0 N–H and O–H groups in total. The zero-order valence-electron chi connectivity index (χ0n) is 29.8. The van der Waals surface area contributed by atoms with Gasteiger partial charge in [-0.15, -0.1) is 0 Å².